The highest BCUT2D eigenvalue weighted by atomic mass is 35.5. The number of halogens is 4. The highest BCUT2D eigenvalue weighted by molar-refractivity contribution is 6.30. The molecule has 2 amide bonds. The predicted molar refractivity (Wildman–Crippen MR) is 80.2 cm³/mol. The highest BCUT2D eigenvalue weighted by Gasteiger charge is 2.62. The maximum Gasteiger partial charge on any atom is 0.434 e. The van der Waals surface area contributed by atoms with Gasteiger partial charge in [0.25, 0.3) is 11.5 Å². The van der Waals surface area contributed by atoms with Crippen molar-refractivity contribution in [3.8, 4) is 0 Å². The number of benzene rings is 1. The van der Waals surface area contributed by atoms with Crippen molar-refractivity contribution in [1.29, 1.82) is 0 Å². The van der Waals surface area contributed by atoms with Gasteiger partial charge in [0.1, 0.15) is 5.69 Å². The van der Waals surface area contributed by atoms with E-state index in [1.54, 1.807) is 0 Å². The Labute approximate surface area is 143 Å². The van der Waals surface area contributed by atoms with E-state index >= 15 is 0 Å². The third-order valence-electron chi connectivity index (χ3n) is 3.62. The van der Waals surface area contributed by atoms with E-state index in [0.717, 1.165) is 6.07 Å². The average molecular weight is 375 g/mol. The van der Waals surface area contributed by atoms with Crippen molar-refractivity contribution in [2.75, 3.05) is 11.9 Å². The van der Waals surface area contributed by atoms with Crippen LogP contribution in [0, 0.1) is 0 Å². The third-order valence-corrected chi connectivity index (χ3v) is 3.86. The summed E-state index contributed by atoms with van der Waals surface area (Å²) in [7, 11) is 0. The predicted octanol–water partition coefficient (Wildman–Crippen LogP) is 2.81. The number of nitrogens with zero attached hydrogens (tertiary/aromatic N) is 1. The molecule has 1 aromatic carbocycles. The van der Waals surface area contributed by atoms with Crippen LogP contribution in [-0.2, 0) is 10.3 Å². The van der Waals surface area contributed by atoms with Crippen LogP contribution < -0.4 is 10.6 Å². The van der Waals surface area contributed by atoms with Gasteiger partial charge in [-0.15, -0.1) is 0 Å². The van der Waals surface area contributed by atoms with Crippen LogP contribution in [0.3, 0.4) is 0 Å². The van der Waals surface area contributed by atoms with Crippen molar-refractivity contribution < 1.29 is 27.5 Å². The van der Waals surface area contributed by atoms with Crippen molar-refractivity contribution in [3.05, 3.63) is 46.7 Å². The van der Waals surface area contributed by atoms with Crippen LogP contribution in [-0.4, -0.2) is 34.9 Å². The molecule has 0 bridgehead atoms. The van der Waals surface area contributed by atoms with Gasteiger partial charge in [-0.3, -0.25) is 15.2 Å². The van der Waals surface area contributed by atoms with Gasteiger partial charge in [0.15, 0.2) is 0 Å². The van der Waals surface area contributed by atoms with Crippen LogP contribution in [0.1, 0.15) is 16.1 Å². The molecule has 0 radical (unpaired) electrons. The largest absolute Gasteiger partial charge is 0.434 e. The number of anilines is 1. The number of aromatic amines is 1. The Morgan fingerprint density at radius 3 is 2.76 bits per heavy atom. The summed E-state index contributed by atoms with van der Waals surface area (Å²) in [5.41, 5.74) is -3.62. The molecule has 0 saturated heterocycles. The maximum atomic E-state index is 13.9. The zero-order valence-electron chi connectivity index (χ0n) is 12.3. The van der Waals surface area contributed by atoms with Gasteiger partial charge in [-0.25, -0.2) is 4.79 Å². The number of carbonyl (C=O) groups excluding carboxylic acids is 2. The van der Waals surface area contributed by atoms with Crippen molar-refractivity contribution in [2.45, 2.75) is 11.8 Å². The summed E-state index contributed by atoms with van der Waals surface area (Å²) >= 11 is 5.80. The van der Waals surface area contributed by atoms with Gasteiger partial charge in [-0.05, 0) is 24.3 Å². The molecule has 1 aliphatic heterocycles. The first-order valence-corrected chi connectivity index (χ1v) is 7.25. The molecule has 1 aliphatic rings. The smallest absolute Gasteiger partial charge is 0.426 e. The Kier molecular flexibility index (Phi) is 4.07. The zero-order valence-corrected chi connectivity index (χ0v) is 13.0. The first-order chi connectivity index (χ1) is 11.7. The van der Waals surface area contributed by atoms with Gasteiger partial charge in [-0.1, -0.05) is 11.6 Å². The Balaban J connectivity index is 2.01. The number of hydrogen-bond acceptors (Lipinski definition) is 4. The molecule has 1 atom stereocenters. The lowest BCUT2D eigenvalue weighted by Crippen LogP contribution is -2.56. The summed E-state index contributed by atoms with van der Waals surface area (Å²) in [5.74, 6) is -0.834. The van der Waals surface area contributed by atoms with Gasteiger partial charge < -0.3 is 10.1 Å². The number of nitrogens with one attached hydrogen (secondary N) is 3. The molecule has 0 fully saturated rings. The molecule has 0 aliphatic carbocycles. The van der Waals surface area contributed by atoms with E-state index < -0.39 is 35.9 Å². The van der Waals surface area contributed by atoms with Crippen molar-refractivity contribution in [2.24, 2.45) is 0 Å². The zero-order chi connectivity index (χ0) is 18.2. The third kappa shape index (κ3) is 3.00. The standard InChI is InChI=1S/C14H10ClF3N4O3/c15-7-1-2-9-8(5-7)13(14(16,17)18,25-12(24)21-9)6-19-11(23)10-3-4-20-22-10/h1-5H,6H2,(H,19,23)(H,20,22)(H,21,24). The Bertz CT molecular complexity index is 825. The van der Waals surface area contributed by atoms with Crippen LogP contribution in [0.15, 0.2) is 30.5 Å². The topological polar surface area (TPSA) is 96.1 Å². The fourth-order valence-corrected chi connectivity index (χ4v) is 2.60. The van der Waals surface area contributed by atoms with Crippen molar-refractivity contribution >= 4 is 29.3 Å². The molecule has 0 spiro atoms. The second kappa shape index (κ2) is 5.96. The normalized spacial score (nSPS) is 19.6. The number of H-pyrrole nitrogens is 1. The van der Waals surface area contributed by atoms with Gasteiger partial charge >= 0.3 is 12.3 Å². The SMILES string of the molecule is O=C1Nc2ccc(Cl)cc2C(CNC(=O)c2ccn[nH]2)(C(F)(F)F)O1. The molecule has 3 rings (SSSR count). The van der Waals surface area contributed by atoms with E-state index in [4.69, 9.17) is 11.6 Å². The first kappa shape index (κ1) is 17.1. The number of fused-ring (bicyclic) bond motifs is 1. The number of amides is 2. The van der Waals surface area contributed by atoms with E-state index in [0.29, 0.717) is 0 Å². The molecule has 1 aromatic heterocycles. The molecule has 3 N–H and O–H groups in total. The van der Waals surface area contributed by atoms with Crippen molar-refractivity contribution in [3.63, 3.8) is 0 Å². The molecule has 11 heteroatoms. The number of cyclic esters (lactones) is 1. The summed E-state index contributed by atoms with van der Waals surface area (Å²) in [4.78, 5) is 23.6. The first-order valence-electron chi connectivity index (χ1n) is 6.87. The number of carbonyl (C=O) groups is 2. The van der Waals surface area contributed by atoms with E-state index in [-0.39, 0.29) is 16.4 Å². The number of aromatic nitrogens is 2. The summed E-state index contributed by atoms with van der Waals surface area (Å²) in [6.07, 6.45) is -5.03. The quantitative estimate of drug-likeness (QED) is 0.769. The van der Waals surface area contributed by atoms with Crippen LogP contribution in [0.25, 0.3) is 0 Å². The minimum Gasteiger partial charge on any atom is -0.426 e. The van der Waals surface area contributed by atoms with Gasteiger partial charge in [0, 0.05) is 16.8 Å². The van der Waals surface area contributed by atoms with Gasteiger partial charge in [0.05, 0.1) is 12.2 Å². The second-order valence-corrected chi connectivity index (χ2v) is 5.62. The summed E-state index contributed by atoms with van der Waals surface area (Å²) in [6, 6.07) is 4.88. The van der Waals surface area contributed by atoms with Crippen molar-refractivity contribution in [1.82, 2.24) is 15.5 Å². The van der Waals surface area contributed by atoms with Crippen LogP contribution >= 0.6 is 11.6 Å². The fourth-order valence-electron chi connectivity index (χ4n) is 2.43. The molecular formula is C14H10ClF3N4O3. The molecule has 2 heterocycles. The number of hydrogen-bond donors (Lipinski definition) is 3. The van der Waals surface area contributed by atoms with Crippen LogP contribution in [0.4, 0.5) is 23.7 Å². The molecule has 2 aromatic rings. The minimum absolute atomic E-state index is 0.0204. The molecular weight excluding hydrogens is 365 g/mol. The summed E-state index contributed by atoms with van der Waals surface area (Å²) in [5, 5.41) is 10.2. The fraction of sp³-hybridized carbons (Fsp3) is 0.214. The molecule has 0 saturated carbocycles. The lowest BCUT2D eigenvalue weighted by molar-refractivity contribution is -0.261. The summed E-state index contributed by atoms with van der Waals surface area (Å²) in [6.45, 7) is -1.03. The lowest BCUT2D eigenvalue weighted by Gasteiger charge is -2.39. The van der Waals surface area contributed by atoms with E-state index in [1.807, 2.05) is 0 Å². The van der Waals surface area contributed by atoms with E-state index in [2.05, 4.69) is 25.6 Å². The maximum absolute atomic E-state index is 13.9. The summed E-state index contributed by atoms with van der Waals surface area (Å²) < 4.78 is 46.2. The molecule has 1 unspecified atom stereocenters. The van der Waals surface area contributed by atoms with Gasteiger partial charge in [-0.2, -0.15) is 18.3 Å². The monoisotopic (exact) mass is 374 g/mol. The van der Waals surface area contributed by atoms with E-state index in [9.17, 15) is 22.8 Å². The van der Waals surface area contributed by atoms with Crippen LogP contribution in [0.5, 0.6) is 0 Å². The Morgan fingerprint density at radius 2 is 2.12 bits per heavy atom. The number of ether oxygens (including phenoxy) is 1. The lowest BCUT2D eigenvalue weighted by atomic mass is 9.89. The highest BCUT2D eigenvalue weighted by Crippen LogP contribution is 2.47. The molecule has 7 nitrogen and oxygen atoms in total. The Morgan fingerprint density at radius 1 is 1.36 bits per heavy atom. The van der Waals surface area contributed by atoms with Crippen LogP contribution in [0.2, 0.25) is 5.02 Å². The average Bonchev–Trinajstić information content (AvgIpc) is 3.06. The van der Waals surface area contributed by atoms with Gasteiger partial charge in [0.2, 0.25) is 0 Å². The molecule has 25 heavy (non-hydrogen) atoms. The molecule has 132 valence electrons. The number of rotatable bonds is 3. The second-order valence-electron chi connectivity index (χ2n) is 5.18. The minimum atomic E-state index is -5.01. The Hall–Kier alpha value is -2.75. The number of alkyl halides is 3. The van der Waals surface area contributed by atoms with E-state index in [1.165, 1.54) is 24.4 Å².